The molecule has 2 heteroatoms. The Balaban J connectivity index is 2.10. The van der Waals surface area contributed by atoms with E-state index in [0.29, 0.717) is 0 Å². The first-order valence-corrected chi connectivity index (χ1v) is 16.6. The van der Waals surface area contributed by atoms with Crippen LogP contribution in [-0.4, -0.2) is 13.3 Å². The molecule has 4 aromatic rings. The molecule has 0 atom stereocenters. The van der Waals surface area contributed by atoms with Gasteiger partial charge in [-0.2, -0.15) is 0 Å². The number of benzene rings is 3. The van der Waals surface area contributed by atoms with Gasteiger partial charge in [0, 0.05) is 0 Å². The van der Waals surface area contributed by atoms with Gasteiger partial charge in [-0.05, 0) is 0 Å². The molecule has 0 N–H and O–H groups in total. The van der Waals surface area contributed by atoms with Crippen molar-refractivity contribution in [1.29, 1.82) is 0 Å². The van der Waals surface area contributed by atoms with Crippen molar-refractivity contribution in [3.63, 3.8) is 0 Å². The number of rotatable bonds is 2. The van der Waals surface area contributed by atoms with E-state index >= 15 is 0 Å². The van der Waals surface area contributed by atoms with E-state index in [9.17, 15) is 0 Å². The van der Waals surface area contributed by atoms with Gasteiger partial charge in [0.15, 0.2) is 0 Å². The molecule has 1 heterocycles. The molecule has 0 spiro atoms. The van der Waals surface area contributed by atoms with Gasteiger partial charge >= 0.3 is 159 Å². The summed E-state index contributed by atoms with van der Waals surface area (Å²) in [6, 6.07) is 22.6. The zero-order valence-corrected chi connectivity index (χ0v) is 18.4. The van der Waals surface area contributed by atoms with Crippen molar-refractivity contribution in [2.24, 2.45) is 7.05 Å². The Bertz CT molecular complexity index is 1140. The van der Waals surface area contributed by atoms with Crippen LogP contribution in [0, 0.1) is 6.92 Å². The second-order valence-corrected chi connectivity index (χ2v) is 19.0. The Morgan fingerprint density at radius 2 is 1.54 bits per heavy atom. The van der Waals surface area contributed by atoms with Crippen LogP contribution >= 0.6 is 0 Å². The van der Waals surface area contributed by atoms with Gasteiger partial charge < -0.3 is 0 Å². The molecule has 0 saturated carbocycles. The summed E-state index contributed by atoms with van der Waals surface area (Å²) in [5.74, 6) is 7.37. The first kappa shape index (κ1) is 17.3. The molecule has 0 aliphatic rings. The minimum atomic E-state index is -1.84. The average molecular weight is 401 g/mol. The van der Waals surface area contributed by atoms with Crippen LogP contribution in [0.5, 0.6) is 0 Å². The third-order valence-corrected chi connectivity index (χ3v) is 9.66. The summed E-state index contributed by atoms with van der Waals surface area (Å²) in [6.07, 6.45) is 2.21. The summed E-state index contributed by atoms with van der Waals surface area (Å²) in [4.78, 5) is 0. The normalized spacial score (nSPS) is 12.0. The molecule has 130 valence electrons. The molecule has 0 aliphatic heterocycles. The van der Waals surface area contributed by atoms with Crippen LogP contribution in [-0.2, 0) is 7.05 Å². The fourth-order valence-electron chi connectivity index (χ4n) is 3.85. The van der Waals surface area contributed by atoms with Gasteiger partial charge in [-0.3, -0.25) is 0 Å². The van der Waals surface area contributed by atoms with E-state index in [1.807, 2.05) is 0 Å². The molecular weight excluding hydrogens is 375 g/mol. The van der Waals surface area contributed by atoms with Crippen molar-refractivity contribution < 1.29 is 4.57 Å². The summed E-state index contributed by atoms with van der Waals surface area (Å²) >= 11 is -1.84. The maximum absolute atomic E-state index is 2.46. The van der Waals surface area contributed by atoms with E-state index in [2.05, 4.69) is 103 Å². The number of nitrogens with zero attached hydrogens (tertiary/aromatic N) is 1. The monoisotopic (exact) mass is 402 g/mol. The van der Waals surface area contributed by atoms with Gasteiger partial charge in [-0.25, -0.2) is 0 Å². The van der Waals surface area contributed by atoms with Crippen molar-refractivity contribution in [3.05, 3.63) is 72.4 Å². The van der Waals surface area contributed by atoms with Crippen molar-refractivity contribution in [1.82, 2.24) is 0 Å². The zero-order valence-electron chi connectivity index (χ0n) is 16.3. The summed E-state index contributed by atoms with van der Waals surface area (Å²) < 4.78 is 3.84. The van der Waals surface area contributed by atoms with Crippen LogP contribution in [0.25, 0.3) is 32.8 Å². The third-order valence-electron chi connectivity index (χ3n) is 5.38. The molecule has 0 aliphatic carbocycles. The second kappa shape index (κ2) is 6.24. The Morgan fingerprint density at radius 1 is 0.769 bits per heavy atom. The number of aromatic nitrogens is 1. The SMILES string of the molecule is Cc1ccc2ccccc2c1-c1c2cc[c]([Ge]([CH3])([CH3])[CH3])cc2cc[n+]1C. The van der Waals surface area contributed by atoms with Crippen molar-refractivity contribution in [2.75, 3.05) is 0 Å². The number of fused-ring (bicyclic) bond motifs is 2. The van der Waals surface area contributed by atoms with Gasteiger partial charge in [0.25, 0.3) is 0 Å². The molecule has 0 amide bonds. The van der Waals surface area contributed by atoms with Crippen LogP contribution in [0.15, 0.2) is 66.9 Å². The molecule has 0 fully saturated rings. The standard InChI is InChI=1S/C24H26GeN/c1-17-10-11-18-8-6-7-9-21(18)23(17)24-22-13-12-20(25(2,3)4)16-19(22)14-15-26(24)5/h6-16H,1-5H3/q+1. The average Bonchev–Trinajstić information content (AvgIpc) is 2.61. The first-order valence-electron chi connectivity index (χ1n) is 9.28. The van der Waals surface area contributed by atoms with Gasteiger partial charge in [-0.15, -0.1) is 0 Å². The Labute approximate surface area is 158 Å². The topological polar surface area (TPSA) is 3.88 Å². The van der Waals surface area contributed by atoms with Crippen LogP contribution in [0.2, 0.25) is 17.3 Å². The Hall–Kier alpha value is -2.13. The molecule has 1 nitrogen and oxygen atoms in total. The van der Waals surface area contributed by atoms with Gasteiger partial charge in [0.05, 0.1) is 0 Å². The fourth-order valence-corrected chi connectivity index (χ4v) is 6.30. The molecule has 26 heavy (non-hydrogen) atoms. The van der Waals surface area contributed by atoms with Gasteiger partial charge in [0.2, 0.25) is 0 Å². The van der Waals surface area contributed by atoms with Gasteiger partial charge in [0.1, 0.15) is 0 Å². The summed E-state index contributed by atoms with van der Waals surface area (Å²) in [5.41, 5.74) is 3.98. The molecule has 4 rings (SSSR count). The number of aryl methyl sites for hydroxylation is 2. The minimum absolute atomic E-state index is 1.30. The quantitative estimate of drug-likeness (QED) is 0.316. The van der Waals surface area contributed by atoms with Crippen LogP contribution in [0.4, 0.5) is 0 Å². The Kier molecular flexibility index (Phi) is 4.15. The maximum atomic E-state index is 2.46. The molecule has 0 bridgehead atoms. The molecular formula is C24H26GeN+. The molecule has 3 aromatic carbocycles. The van der Waals surface area contributed by atoms with Gasteiger partial charge in [-0.1, -0.05) is 0 Å². The first-order chi connectivity index (χ1) is 12.4. The molecule has 0 unspecified atom stereocenters. The Morgan fingerprint density at radius 3 is 2.31 bits per heavy atom. The number of hydrogen-bond donors (Lipinski definition) is 0. The zero-order chi connectivity index (χ0) is 18.5. The van der Waals surface area contributed by atoms with Crippen molar-refractivity contribution in [2.45, 2.75) is 24.2 Å². The molecule has 0 saturated heterocycles. The van der Waals surface area contributed by atoms with Crippen LogP contribution in [0.1, 0.15) is 5.56 Å². The summed E-state index contributed by atoms with van der Waals surface area (Å²) in [6.45, 7) is 2.22. The van der Waals surface area contributed by atoms with E-state index in [1.54, 1.807) is 4.40 Å². The van der Waals surface area contributed by atoms with Crippen LogP contribution < -0.4 is 8.96 Å². The second-order valence-electron chi connectivity index (χ2n) is 8.31. The molecule has 1 aromatic heterocycles. The van der Waals surface area contributed by atoms with Crippen LogP contribution in [0.3, 0.4) is 0 Å². The summed E-state index contributed by atoms with van der Waals surface area (Å²) in [5, 5.41) is 5.31. The van der Waals surface area contributed by atoms with Crippen molar-refractivity contribution in [3.8, 4) is 11.3 Å². The summed E-state index contributed by atoms with van der Waals surface area (Å²) in [7, 11) is 2.16. The number of hydrogen-bond acceptors (Lipinski definition) is 0. The van der Waals surface area contributed by atoms with E-state index in [4.69, 9.17) is 0 Å². The fraction of sp³-hybridized carbons (Fsp3) is 0.208. The predicted molar refractivity (Wildman–Crippen MR) is 116 cm³/mol. The predicted octanol–water partition coefficient (Wildman–Crippen LogP) is 5.34. The molecule has 0 radical (unpaired) electrons. The third kappa shape index (κ3) is 2.85. The van der Waals surface area contributed by atoms with E-state index in [1.165, 1.54) is 38.4 Å². The van der Waals surface area contributed by atoms with E-state index in [0.717, 1.165) is 0 Å². The van der Waals surface area contributed by atoms with E-state index < -0.39 is 13.3 Å². The van der Waals surface area contributed by atoms with E-state index in [-0.39, 0.29) is 0 Å². The number of pyridine rings is 1. The van der Waals surface area contributed by atoms with Crippen molar-refractivity contribution >= 4 is 39.2 Å².